The van der Waals surface area contributed by atoms with Crippen LogP contribution in [-0.2, 0) is 6.54 Å². The molecule has 0 fully saturated rings. The first kappa shape index (κ1) is 24.7. The molecule has 37 heavy (non-hydrogen) atoms. The zero-order valence-corrected chi connectivity index (χ0v) is 19.7. The van der Waals surface area contributed by atoms with Crippen molar-refractivity contribution >= 4 is 27.4 Å². The molecule has 13 heteroatoms. The Labute approximate surface area is 210 Å². The molecular formula is C24H18F5N7S. The molecule has 190 valence electrons. The van der Waals surface area contributed by atoms with E-state index in [9.17, 15) is 22.0 Å². The van der Waals surface area contributed by atoms with Gasteiger partial charge in [0.1, 0.15) is 17.6 Å². The first-order valence-electron chi connectivity index (χ1n) is 11.0. The monoisotopic (exact) mass is 531 g/mol. The van der Waals surface area contributed by atoms with E-state index in [2.05, 4.69) is 25.6 Å². The average Bonchev–Trinajstić information content (AvgIpc) is 3.54. The van der Waals surface area contributed by atoms with E-state index in [0.29, 0.717) is 33.6 Å². The summed E-state index contributed by atoms with van der Waals surface area (Å²) in [5.74, 6) is -1.18. The Balaban J connectivity index is 1.52. The number of fused-ring (bicyclic) bond motifs is 1. The van der Waals surface area contributed by atoms with Crippen LogP contribution in [0.3, 0.4) is 0 Å². The molecule has 3 aromatic heterocycles. The van der Waals surface area contributed by atoms with E-state index in [4.69, 9.17) is 5.73 Å². The molecule has 5 aromatic rings. The van der Waals surface area contributed by atoms with Crippen molar-refractivity contribution in [1.29, 1.82) is 0 Å². The lowest BCUT2D eigenvalue weighted by atomic mass is 9.94. The third kappa shape index (κ3) is 5.13. The Bertz CT molecular complexity index is 1550. The van der Waals surface area contributed by atoms with Crippen LogP contribution in [-0.4, -0.2) is 37.7 Å². The number of hydrogen-bond acceptors (Lipinski definition) is 7. The van der Waals surface area contributed by atoms with Crippen molar-refractivity contribution in [3.63, 3.8) is 0 Å². The maximum atomic E-state index is 14.7. The topological polar surface area (TPSA) is 94.5 Å². The molecule has 0 aliphatic rings. The van der Waals surface area contributed by atoms with Gasteiger partial charge < -0.3 is 11.1 Å². The van der Waals surface area contributed by atoms with E-state index in [-0.39, 0.29) is 22.8 Å². The Morgan fingerprint density at radius 2 is 1.92 bits per heavy atom. The van der Waals surface area contributed by atoms with Gasteiger partial charge in [-0.25, -0.2) is 18.7 Å². The minimum Gasteiger partial charge on any atom is -0.352 e. The first-order chi connectivity index (χ1) is 17.7. The molecule has 0 saturated heterocycles. The van der Waals surface area contributed by atoms with E-state index in [0.717, 1.165) is 35.7 Å². The summed E-state index contributed by atoms with van der Waals surface area (Å²) in [6.07, 6.45) is -0.439. The Morgan fingerprint density at radius 3 is 2.68 bits per heavy atom. The molecular weight excluding hydrogens is 513 g/mol. The first-order valence-corrected chi connectivity index (χ1v) is 11.8. The molecule has 0 unspecified atom stereocenters. The number of halogens is 5. The van der Waals surface area contributed by atoms with E-state index >= 15 is 0 Å². The highest BCUT2D eigenvalue weighted by Crippen LogP contribution is 2.43. The van der Waals surface area contributed by atoms with Gasteiger partial charge in [-0.05, 0) is 40.3 Å². The van der Waals surface area contributed by atoms with Gasteiger partial charge in [-0.1, -0.05) is 29.5 Å². The fraction of sp³-hybridized carbons (Fsp3) is 0.167. The molecule has 0 radical (unpaired) electrons. The number of nitrogens with zero attached hydrogens (tertiary/aromatic N) is 5. The number of nitrogens with one attached hydrogen (secondary N) is 1. The molecule has 7 nitrogen and oxygen atoms in total. The number of nitrogens with two attached hydrogens (primary N) is 1. The minimum absolute atomic E-state index is 0.0162. The van der Waals surface area contributed by atoms with Crippen LogP contribution >= 0.6 is 11.3 Å². The van der Waals surface area contributed by atoms with Crippen LogP contribution in [0.5, 0.6) is 0 Å². The molecule has 0 aliphatic carbocycles. The van der Waals surface area contributed by atoms with Gasteiger partial charge in [-0.2, -0.15) is 13.2 Å². The van der Waals surface area contributed by atoms with Gasteiger partial charge in [-0.15, -0.1) is 16.4 Å². The molecule has 0 amide bonds. The highest BCUT2D eigenvalue weighted by molar-refractivity contribution is 7.22. The van der Waals surface area contributed by atoms with Gasteiger partial charge in [0.25, 0.3) is 0 Å². The van der Waals surface area contributed by atoms with E-state index in [1.54, 1.807) is 41.3 Å². The molecule has 0 saturated carbocycles. The molecule has 0 aliphatic heterocycles. The Morgan fingerprint density at radius 1 is 1.08 bits per heavy atom. The lowest BCUT2D eigenvalue weighted by molar-refractivity contribution is -0.149. The number of benzene rings is 2. The van der Waals surface area contributed by atoms with Gasteiger partial charge in [0.05, 0.1) is 23.8 Å². The van der Waals surface area contributed by atoms with Crippen LogP contribution in [0.25, 0.3) is 31.8 Å². The molecule has 3 heterocycles. The SMILES string of the molecule is N[C@H](c1ccc(F)cc1-c1cccc2cc(-c3nc(NCCn4ccnn4)ncc3F)sc12)C(F)(F)F. The Hall–Kier alpha value is -3.97. The van der Waals surface area contributed by atoms with Gasteiger partial charge in [0.15, 0.2) is 5.82 Å². The van der Waals surface area contributed by atoms with Gasteiger partial charge in [0, 0.05) is 17.4 Å². The third-order valence-electron chi connectivity index (χ3n) is 5.61. The molecule has 0 spiro atoms. The zero-order chi connectivity index (χ0) is 26.2. The number of rotatable bonds is 7. The highest BCUT2D eigenvalue weighted by Gasteiger charge is 2.39. The van der Waals surface area contributed by atoms with Crippen LogP contribution in [0.4, 0.5) is 27.9 Å². The second-order valence-electron chi connectivity index (χ2n) is 8.07. The maximum absolute atomic E-state index is 14.7. The number of anilines is 1. The van der Waals surface area contributed by atoms with Crippen molar-refractivity contribution in [1.82, 2.24) is 25.0 Å². The second-order valence-corrected chi connectivity index (χ2v) is 9.12. The number of aromatic nitrogens is 5. The fourth-order valence-electron chi connectivity index (χ4n) is 3.86. The number of thiophene rings is 1. The molecule has 1 atom stereocenters. The summed E-state index contributed by atoms with van der Waals surface area (Å²) in [6.45, 7) is 0.894. The van der Waals surface area contributed by atoms with Crippen LogP contribution in [0.1, 0.15) is 11.6 Å². The summed E-state index contributed by atoms with van der Waals surface area (Å²) >= 11 is 1.13. The van der Waals surface area contributed by atoms with Crippen LogP contribution in [0.15, 0.2) is 61.1 Å². The molecule has 2 aromatic carbocycles. The van der Waals surface area contributed by atoms with E-state index in [1.807, 2.05) is 0 Å². The van der Waals surface area contributed by atoms with Crippen molar-refractivity contribution in [2.45, 2.75) is 18.8 Å². The van der Waals surface area contributed by atoms with E-state index < -0.39 is 23.9 Å². The minimum atomic E-state index is -4.72. The summed E-state index contributed by atoms with van der Waals surface area (Å²) in [7, 11) is 0. The van der Waals surface area contributed by atoms with Gasteiger partial charge in [-0.3, -0.25) is 4.68 Å². The van der Waals surface area contributed by atoms with Crippen molar-refractivity contribution in [2.75, 3.05) is 11.9 Å². The summed E-state index contributed by atoms with van der Waals surface area (Å²) < 4.78 is 71.4. The molecule has 5 rings (SSSR count). The summed E-state index contributed by atoms with van der Waals surface area (Å²) in [5.41, 5.74) is 5.61. The van der Waals surface area contributed by atoms with Crippen LogP contribution in [0.2, 0.25) is 0 Å². The summed E-state index contributed by atoms with van der Waals surface area (Å²) in [6, 6.07) is 7.33. The lowest BCUT2D eigenvalue weighted by Gasteiger charge is -2.20. The van der Waals surface area contributed by atoms with Crippen LogP contribution in [0, 0.1) is 11.6 Å². The molecule has 0 bridgehead atoms. The zero-order valence-electron chi connectivity index (χ0n) is 18.9. The Kier molecular flexibility index (Phi) is 6.56. The summed E-state index contributed by atoms with van der Waals surface area (Å²) in [5, 5.41) is 11.2. The number of alkyl halides is 3. The smallest absolute Gasteiger partial charge is 0.352 e. The second kappa shape index (κ2) is 9.82. The fourth-order valence-corrected chi connectivity index (χ4v) is 5.04. The predicted octanol–water partition coefficient (Wildman–Crippen LogP) is 5.57. The third-order valence-corrected chi connectivity index (χ3v) is 6.80. The number of hydrogen-bond donors (Lipinski definition) is 2. The van der Waals surface area contributed by atoms with Crippen molar-refractivity contribution < 1.29 is 22.0 Å². The normalized spacial score (nSPS) is 12.7. The average molecular weight is 532 g/mol. The quantitative estimate of drug-likeness (QED) is 0.267. The van der Waals surface area contributed by atoms with Gasteiger partial charge >= 0.3 is 6.18 Å². The van der Waals surface area contributed by atoms with Crippen LogP contribution < -0.4 is 11.1 Å². The summed E-state index contributed by atoms with van der Waals surface area (Å²) in [4.78, 5) is 8.69. The lowest BCUT2D eigenvalue weighted by Crippen LogP contribution is -2.29. The molecule has 3 N–H and O–H groups in total. The predicted molar refractivity (Wildman–Crippen MR) is 130 cm³/mol. The van der Waals surface area contributed by atoms with E-state index in [1.165, 1.54) is 0 Å². The maximum Gasteiger partial charge on any atom is 0.407 e. The van der Waals surface area contributed by atoms with Gasteiger partial charge in [0.2, 0.25) is 5.95 Å². The highest BCUT2D eigenvalue weighted by atomic mass is 32.1. The largest absolute Gasteiger partial charge is 0.407 e. The van der Waals surface area contributed by atoms with Crippen molar-refractivity contribution in [3.8, 4) is 21.7 Å². The standard InChI is InChI=1S/C24H18F5N7S/c25-14-4-5-16(22(30)24(27,28)29)17(11-14)15-3-1-2-13-10-19(37-21(13)15)20-18(26)12-32-23(34-20)31-6-8-36-9-7-33-35-36/h1-5,7,9-12,22H,6,8,30H2,(H,31,32,34)/t22-/m1/s1. The van der Waals surface area contributed by atoms with Crippen molar-refractivity contribution in [2.24, 2.45) is 5.73 Å². The van der Waals surface area contributed by atoms with Crippen molar-refractivity contribution in [3.05, 3.63) is 78.3 Å².